The van der Waals surface area contributed by atoms with Crippen LogP contribution in [0, 0.1) is 5.92 Å². The van der Waals surface area contributed by atoms with Gasteiger partial charge in [-0.15, -0.1) is 24.8 Å². The SMILES string of the molecule is CC(C)[C]1([Hf][C]2(C)C=Cc3ccccc32)C=CC2=C1CCCC2.Cl.Cl. The molecule has 0 spiro atoms. The van der Waals surface area contributed by atoms with Crippen LogP contribution < -0.4 is 0 Å². The van der Waals surface area contributed by atoms with Gasteiger partial charge in [0.25, 0.3) is 0 Å². The summed E-state index contributed by atoms with van der Waals surface area (Å²) in [5.74, 6) is 0.741. The molecule has 4 rings (SSSR count). The van der Waals surface area contributed by atoms with Crippen LogP contribution in [0.2, 0.25) is 3.17 Å². The van der Waals surface area contributed by atoms with Crippen molar-refractivity contribution in [3.05, 3.63) is 64.8 Å². The van der Waals surface area contributed by atoms with Gasteiger partial charge in [-0.2, -0.15) is 0 Å². The van der Waals surface area contributed by atoms with E-state index in [1.807, 2.05) is 5.57 Å². The quantitative estimate of drug-likeness (QED) is 0.358. The van der Waals surface area contributed by atoms with Crippen molar-refractivity contribution in [2.45, 2.75) is 52.8 Å². The van der Waals surface area contributed by atoms with Crippen LogP contribution in [0.15, 0.2) is 53.6 Å². The predicted molar refractivity (Wildman–Crippen MR) is 109 cm³/mol. The van der Waals surface area contributed by atoms with Crippen LogP contribution in [0.5, 0.6) is 0 Å². The molecular formula is C22H28Cl2Hf. The minimum absolute atomic E-state index is 0. The molecule has 134 valence electrons. The summed E-state index contributed by atoms with van der Waals surface area (Å²) >= 11 is -1.03. The van der Waals surface area contributed by atoms with E-state index in [2.05, 4.69) is 69.3 Å². The molecule has 0 heterocycles. The van der Waals surface area contributed by atoms with E-state index >= 15 is 0 Å². The maximum atomic E-state index is 2.65. The number of fused-ring (bicyclic) bond motifs is 1. The Labute approximate surface area is 176 Å². The fraction of sp³-hybridized carbons (Fsp3) is 0.455. The Morgan fingerprint density at radius 1 is 0.960 bits per heavy atom. The van der Waals surface area contributed by atoms with Gasteiger partial charge in [0.15, 0.2) is 0 Å². The van der Waals surface area contributed by atoms with Crippen LogP contribution in [-0.4, -0.2) is 0 Å². The molecule has 0 amide bonds. The first-order valence-corrected chi connectivity index (χ1v) is 12.6. The van der Waals surface area contributed by atoms with Gasteiger partial charge in [-0.1, -0.05) is 0 Å². The van der Waals surface area contributed by atoms with Crippen molar-refractivity contribution in [3.63, 3.8) is 0 Å². The summed E-state index contributed by atoms with van der Waals surface area (Å²) in [5, 5.41) is 0. The first-order valence-electron chi connectivity index (χ1n) is 9.05. The molecule has 25 heavy (non-hydrogen) atoms. The van der Waals surface area contributed by atoms with Crippen LogP contribution in [0.25, 0.3) is 6.08 Å². The van der Waals surface area contributed by atoms with Gasteiger partial charge in [0, 0.05) is 0 Å². The third kappa shape index (κ3) is 3.42. The maximum absolute atomic E-state index is 2.65. The summed E-state index contributed by atoms with van der Waals surface area (Å²) in [5.41, 5.74) is 6.61. The van der Waals surface area contributed by atoms with E-state index in [0.717, 1.165) is 5.92 Å². The van der Waals surface area contributed by atoms with Crippen LogP contribution in [0.1, 0.15) is 57.6 Å². The molecule has 0 bridgehead atoms. The molecule has 0 aromatic heterocycles. The molecule has 0 aliphatic heterocycles. The van der Waals surface area contributed by atoms with Gasteiger partial charge in [-0.25, -0.2) is 0 Å². The van der Waals surface area contributed by atoms with Gasteiger partial charge in [0.05, 0.1) is 0 Å². The van der Waals surface area contributed by atoms with Crippen molar-refractivity contribution in [2.24, 2.45) is 5.92 Å². The third-order valence-corrected chi connectivity index (χ3v) is 14.7. The summed E-state index contributed by atoms with van der Waals surface area (Å²) in [7, 11) is 0. The van der Waals surface area contributed by atoms with Gasteiger partial charge >= 0.3 is 152 Å². The van der Waals surface area contributed by atoms with E-state index in [1.165, 1.54) is 31.2 Å². The van der Waals surface area contributed by atoms with Crippen LogP contribution in [0.3, 0.4) is 0 Å². The molecule has 0 saturated carbocycles. The van der Waals surface area contributed by atoms with Crippen LogP contribution in [-0.2, 0) is 26.1 Å². The van der Waals surface area contributed by atoms with Gasteiger partial charge in [0.1, 0.15) is 0 Å². The van der Waals surface area contributed by atoms with Crippen LogP contribution >= 0.6 is 24.8 Å². The largest absolute Gasteiger partial charge is 0.147 e. The molecule has 1 aromatic rings. The van der Waals surface area contributed by atoms with Crippen molar-refractivity contribution in [2.75, 3.05) is 0 Å². The zero-order chi connectivity index (χ0) is 16.1. The molecule has 0 fully saturated rings. The Kier molecular flexibility index (Phi) is 6.67. The summed E-state index contributed by atoms with van der Waals surface area (Å²) in [6, 6.07) is 9.08. The van der Waals surface area contributed by atoms with Gasteiger partial charge < -0.3 is 0 Å². The minimum Gasteiger partial charge on any atom is -0.147 e. The topological polar surface area (TPSA) is 0 Å². The van der Waals surface area contributed by atoms with Gasteiger partial charge in [-0.05, 0) is 0 Å². The number of rotatable bonds is 3. The number of hydrogen-bond acceptors (Lipinski definition) is 0. The van der Waals surface area contributed by atoms with Crippen molar-refractivity contribution >= 4 is 30.9 Å². The average molecular weight is 542 g/mol. The minimum atomic E-state index is -1.03. The second-order valence-electron chi connectivity index (χ2n) is 7.82. The zero-order valence-electron chi connectivity index (χ0n) is 15.3. The van der Waals surface area contributed by atoms with Gasteiger partial charge in [-0.3, -0.25) is 0 Å². The monoisotopic (exact) mass is 542 g/mol. The average Bonchev–Trinajstić information content (AvgIpc) is 3.09. The Balaban J connectivity index is 0.00000113. The summed E-state index contributed by atoms with van der Waals surface area (Å²) in [6.07, 6.45) is 15.6. The standard InChI is InChI=1S/C12H17.C10H9.2ClH.Hf/c1-9(2)11-8-7-10-5-3-4-6-12(10)11;1-8-6-7-9-4-2-3-5-10(8)9;;;/h7-9H,3-6H2,1-2H3;2-7H,1H3;2*1H;. The molecule has 3 aliphatic rings. The number of hydrogen-bond donors (Lipinski definition) is 0. The van der Waals surface area contributed by atoms with Crippen molar-refractivity contribution in [1.29, 1.82) is 0 Å². The molecule has 2 unspecified atom stereocenters. The Hall–Kier alpha value is -0.110. The molecule has 3 heteroatoms. The summed E-state index contributed by atoms with van der Waals surface area (Å²) in [6.45, 7) is 7.46. The first-order chi connectivity index (χ1) is 11.1. The Bertz CT molecular complexity index is 731. The Morgan fingerprint density at radius 2 is 1.68 bits per heavy atom. The summed E-state index contributed by atoms with van der Waals surface area (Å²) < 4.78 is 0.803. The normalized spacial score (nSPS) is 29.1. The number of allylic oxidation sites excluding steroid dienone is 5. The maximum Gasteiger partial charge on any atom is -0.147 e. The van der Waals surface area contributed by atoms with Crippen LogP contribution in [0.4, 0.5) is 0 Å². The fourth-order valence-electron chi connectivity index (χ4n) is 4.72. The second kappa shape index (κ2) is 7.87. The molecule has 3 aliphatic carbocycles. The first kappa shape index (κ1) is 21.2. The van der Waals surface area contributed by atoms with E-state index in [9.17, 15) is 0 Å². The van der Waals surface area contributed by atoms with Gasteiger partial charge in [0.2, 0.25) is 0 Å². The number of benzene rings is 1. The zero-order valence-corrected chi connectivity index (χ0v) is 20.6. The molecule has 0 saturated heterocycles. The molecular weight excluding hydrogens is 514 g/mol. The van der Waals surface area contributed by atoms with Crippen molar-refractivity contribution < 1.29 is 22.9 Å². The molecule has 0 N–H and O–H groups in total. The molecule has 1 aromatic carbocycles. The molecule has 2 atom stereocenters. The van der Waals surface area contributed by atoms with E-state index in [1.54, 1.807) is 11.1 Å². The van der Waals surface area contributed by atoms with E-state index < -0.39 is 22.9 Å². The van der Waals surface area contributed by atoms with E-state index in [4.69, 9.17) is 0 Å². The van der Waals surface area contributed by atoms with Crippen molar-refractivity contribution in [1.82, 2.24) is 0 Å². The Morgan fingerprint density at radius 3 is 2.44 bits per heavy atom. The predicted octanol–water partition coefficient (Wildman–Crippen LogP) is 7.11. The summed E-state index contributed by atoms with van der Waals surface area (Å²) in [4.78, 5) is 0. The van der Waals surface area contributed by atoms with E-state index in [-0.39, 0.29) is 24.8 Å². The van der Waals surface area contributed by atoms with Crippen molar-refractivity contribution in [3.8, 4) is 0 Å². The third-order valence-electron chi connectivity index (χ3n) is 6.05. The molecule has 0 nitrogen and oxygen atoms in total. The smallest absolute Gasteiger partial charge is 0.147 e. The number of halogens is 2. The van der Waals surface area contributed by atoms with E-state index in [0.29, 0.717) is 6.34 Å². The second-order valence-corrected chi connectivity index (χ2v) is 15.4. The fourth-order valence-corrected chi connectivity index (χ4v) is 12.9. The molecule has 0 radical (unpaired) electrons.